The summed E-state index contributed by atoms with van der Waals surface area (Å²) in [6.07, 6.45) is 0.404. The van der Waals surface area contributed by atoms with Crippen LogP contribution in [0.4, 0.5) is 5.69 Å². The highest BCUT2D eigenvalue weighted by molar-refractivity contribution is 6.33. The number of carbonyl (C=O) groups excluding carboxylic acids is 1. The van der Waals surface area contributed by atoms with Crippen molar-refractivity contribution in [3.63, 3.8) is 0 Å². The Kier molecular flexibility index (Phi) is 4.09. The highest BCUT2D eigenvalue weighted by atomic mass is 35.5. The molecule has 2 N–H and O–H groups in total. The molecule has 98 valence electrons. The molecule has 1 aromatic carbocycles. The van der Waals surface area contributed by atoms with Gasteiger partial charge >= 0.3 is 0 Å². The lowest BCUT2D eigenvalue weighted by Gasteiger charge is -2.42. The maximum atomic E-state index is 11.9. The van der Waals surface area contributed by atoms with Gasteiger partial charge in [0.1, 0.15) is 6.04 Å². The van der Waals surface area contributed by atoms with E-state index in [1.54, 1.807) is 0 Å². The summed E-state index contributed by atoms with van der Waals surface area (Å²) in [4.78, 5) is 13.9. The minimum absolute atomic E-state index is 0.0221. The average Bonchev–Trinajstić information content (AvgIpc) is 2.36. The molecule has 1 saturated heterocycles. The Balaban J connectivity index is 2.36. The minimum atomic E-state index is -0.362. The lowest BCUT2D eigenvalue weighted by molar-refractivity contribution is -0.124. The summed E-state index contributed by atoms with van der Waals surface area (Å²) in [5.74, 6) is -0.0536. The van der Waals surface area contributed by atoms with Crippen LogP contribution in [0.2, 0.25) is 5.02 Å². The van der Waals surface area contributed by atoms with Crippen molar-refractivity contribution in [2.24, 2.45) is 0 Å². The number of aliphatic hydroxyl groups is 1. The summed E-state index contributed by atoms with van der Waals surface area (Å²) in [5.41, 5.74) is 0.847. The molecule has 0 radical (unpaired) electrons. The SMILES string of the molecule is CC1CNC(=O)C(CCO)N1c1ccccc1Cl. The van der Waals surface area contributed by atoms with E-state index in [4.69, 9.17) is 16.7 Å². The Morgan fingerprint density at radius 3 is 2.89 bits per heavy atom. The molecule has 0 aliphatic carbocycles. The molecule has 1 aliphatic rings. The smallest absolute Gasteiger partial charge is 0.242 e. The first-order valence-corrected chi connectivity index (χ1v) is 6.44. The van der Waals surface area contributed by atoms with Gasteiger partial charge in [0.2, 0.25) is 5.91 Å². The highest BCUT2D eigenvalue weighted by Crippen LogP contribution is 2.30. The van der Waals surface area contributed by atoms with E-state index in [1.165, 1.54) is 0 Å². The van der Waals surface area contributed by atoms with E-state index in [0.29, 0.717) is 18.0 Å². The van der Waals surface area contributed by atoms with Crippen LogP contribution >= 0.6 is 11.6 Å². The summed E-state index contributed by atoms with van der Waals surface area (Å²) >= 11 is 6.20. The van der Waals surface area contributed by atoms with Gasteiger partial charge in [0.25, 0.3) is 0 Å². The van der Waals surface area contributed by atoms with Crippen molar-refractivity contribution >= 4 is 23.2 Å². The Labute approximate surface area is 112 Å². The molecule has 1 fully saturated rings. The summed E-state index contributed by atoms with van der Waals surface area (Å²) < 4.78 is 0. The number of hydrogen-bond acceptors (Lipinski definition) is 3. The fraction of sp³-hybridized carbons (Fsp3) is 0.462. The third kappa shape index (κ3) is 2.44. The van der Waals surface area contributed by atoms with Gasteiger partial charge in [-0.1, -0.05) is 23.7 Å². The van der Waals surface area contributed by atoms with Crippen LogP contribution in [0.25, 0.3) is 0 Å². The van der Waals surface area contributed by atoms with Gasteiger partial charge in [0, 0.05) is 19.2 Å². The number of amides is 1. The molecule has 0 saturated carbocycles. The first kappa shape index (κ1) is 13.2. The molecule has 2 atom stereocenters. The van der Waals surface area contributed by atoms with E-state index in [2.05, 4.69) is 5.32 Å². The fourth-order valence-corrected chi connectivity index (χ4v) is 2.59. The van der Waals surface area contributed by atoms with Crippen LogP contribution in [0, 0.1) is 0 Å². The van der Waals surface area contributed by atoms with Crippen LogP contribution in [-0.2, 0) is 4.79 Å². The molecule has 2 unspecified atom stereocenters. The van der Waals surface area contributed by atoms with Gasteiger partial charge in [0.15, 0.2) is 0 Å². The van der Waals surface area contributed by atoms with Crippen molar-refractivity contribution in [1.82, 2.24) is 5.32 Å². The predicted octanol–water partition coefficient (Wildman–Crippen LogP) is 1.42. The molecule has 1 amide bonds. The lowest BCUT2D eigenvalue weighted by Crippen LogP contribution is -2.60. The molecule has 0 spiro atoms. The number of para-hydroxylation sites is 1. The fourth-order valence-electron chi connectivity index (χ4n) is 2.36. The van der Waals surface area contributed by atoms with Gasteiger partial charge in [-0.15, -0.1) is 0 Å². The van der Waals surface area contributed by atoms with E-state index in [0.717, 1.165) is 5.69 Å². The summed E-state index contributed by atoms with van der Waals surface area (Å²) in [7, 11) is 0. The number of carbonyl (C=O) groups is 1. The van der Waals surface area contributed by atoms with Gasteiger partial charge in [-0.05, 0) is 25.5 Å². The van der Waals surface area contributed by atoms with Crippen LogP contribution in [0.3, 0.4) is 0 Å². The number of hydrogen-bond donors (Lipinski definition) is 2. The van der Waals surface area contributed by atoms with E-state index in [1.807, 2.05) is 36.1 Å². The third-order valence-corrected chi connectivity index (χ3v) is 3.54. The number of piperazine rings is 1. The van der Waals surface area contributed by atoms with Crippen molar-refractivity contribution < 1.29 is 9.90 Å². The molecular formula is C13H17ClN2O2. The van der Waals surface area contributed by atoms with Crippen molar-refractivity contribution in [3.05, 3.63) is 29.3 Å². The van der Waals surface area contributed by atoms with Gasteiger partial charge < -0.3 is 15.3 Å². The van der Waals surface area contributed by atoms with Crippen LogP contribution in [0.5, 0.6) is 0 Å². The van der Waals surface area contributed by atoms with Crippen LogP contribution in [-0.4, -0.2) is 36.2 Å². The normalized spacial score (nSPS) is 23.9. The molecule has 2 rings (SSSR count). The van der Waals surface area contributed by atoms with Gasteiger partial charge in [-0.2, -0.15) is 0 Å². The van der Waals surface area contributed by atoms with Gasteiger partial charge in [-0.25, -0.2) is 0 Å². The number of anilines is 1. The van der Waals surface area contributed by atoms with E-state index < -0.39 is 0 Å². The van der Waals surface area contributed by atoms with E-state index in [9.17, 15) is 4.79 Å². The topological polar surface area (TPSA) is 52.6 Å². The van der Waals surface area contributed by atoms with Crippen LogP contribution < -0.4 is 10.2 Å². The Morgan fingerprint density at radius 1 is 1.50 bits per heavy atom. The zero-order valence-corrected chi connectivity index (χ0v) is 11.0. The molecule has 1 heterocycles. The summed E-state index contributed by atoms with van der Waals surface area (Å²) in [6.45, 7) is 2.60. The zero-order valence-electron chi connectivity index (χ0n) is 10.3. The maximum Gasteiger partial charge on any atom is 0.242 e. The van der Waals surface area contributed by atoms with Crippen molar-refractivity contribution in [3.8, 4) is 0 Å². The number of aliphatic hydroxyl groups excluding tert-OH is 1. The second-order valence-electron chi connectivity index (χ2n) is 4.48. The minimum Gasteiger partial charge on any atom is -0.396 e. The summed E-state index contributed by atoms with van der Waals surface area (Å²) in [5, 5.41) is 12.6. The first-order valence-electron chi connectivity index (χ1n) is 6.06. The lowest BCUT2D eigenvalue weighted by atomic mass is 10.0. The monoisotopic (exact) mass is 268 g/mol. The largest absolute Gasteiger partial charge is 0.396 e. The molecule has 0 aromatic heterocycles. The third-order valence-electron chi connectivity index (χ3n) is 3.22. The van der Waals surface area contributed by atoms with E-state index in [-0.39, 0.29) is 24.6 Å². The average molecular weight is 269 g/mol. The van der Waals surface area contributed by atoms with Gasteiger partial charge in [0.05, 0.1) is 10.7 Å². The number of nitrogens with one attached hydrogen (secondary N) is 1. The molecule has 1 aromatic rings. The number of halogens is 1. The molecule has 5 heteroatoms. The highest BCUT2D eigenvalue weighted by Gasteiger charge is 2.34. The number of benzene rings is 1. The second-order valence-corrected chi connectivity index (χ2v) is 4.89. The first-order chi connectivity index (χ1) is 8.65. The summed E-state index contributed by atoms with van der Waals surface area (Å²) in [6, 6.07) is 7.27. The number of nitrogens with zero attached hydrogens (tertiary/aromatic N) is 1. The molecular weight excluding hydrogens is 252 g/mol. The molecule has 1 aliphatic heterocycles. The predicted molar refractivity (Wildman–Crippen MR) is 71.9 cm³/mol. The Morgan fingerprint density at radius 2 is 2.22 bits per heavy atom. The van der Waals surface area contributed by atoms with Gasteiger partial charge in [-0.3, -0.25) is 4.79 Å². The standard InChI is InChI=1S/C13H17ClN2O2/c1-9-8-15-13(18)12(6-7-17)16(9)11-5-3-2-4-10(11)14/h2-5,9,12,17H,6-8H2,1H3,(H,15,18). The Bertz CT molecular complexity index is 439. The van der Waals surface area contributed by atoms with Crippen molar-refractivity contribution in [1.29, 1.82) is 0 Å². The quantitative estimate of drug-likeness (QED) is 0.872. The van der Waals surface area contributed by atoms with Crippen molar-refractivity contribution in [2.45, 2.75) is 25.4 Å². The maximum absolute atomic E-state index is 11.9. The Hall–Kier alpha value is -1.26. The van der Waals surface area contributed by atoms with E-state index >= 15 is 0 Å². The van der Waals surface area contributed by atoms with Crippen LogP contribution in [0.15, 0.2) is 24.3 Å². The molecule has 4 nitrogen and oxygen atoms in total. The second kappa shape index (κ2) is 5.59. The van der Waals surface area contributed by atoms with Crippen LogP contribution in [0.1, 0.15) is 13.3 Å². The zero-order chi connectivity index (χ0) is 13.1. The number of rotatable bonds is 3. The molecule has 18 heavy (non-hydrogen) atoms. The molecule has 0 bridgehead atoms. The van der Waals surface area contributed by atoms with Crippen molar-refractivity contribution in [2.75, 3.05) is 18.1 Å².